The van der Waals surface area contributed by atoms with Crippen LogP contribution in [0.2, 0.25) is 0 Å². The Bertz CT molecular complexity index is 655. The Hall–Kier alpha value is -1.62. The predicted octanol–water partition coefficient (Wildman–Crippen LogP) is 7.51. The third-order valence-electron chi connectivity index (χ3n) is 7.19. The topological polar surface area (TPSA) is 23.8 Å². The summed E-state index contributed by atoms with van der Waals surface area (Å²) in [5, 5.41) is 8.78. The van der Waals surface area contributed by atoms with E-state index in [1.54, 1.807) is 6.07 Å². The highest BCUT2D eigenvalue weighted by molar-refractivity contribution is 5.51. The molecular weight excluding hydrogens is 333 g/mol. The summed E-state index contributed by atoms with van der Waals surface area (Å²) in [6, 6.07) is 6.69. The molecule has 27 heavy (non-hydrogen) atoms. The summed E-state index contributed by atoms with van der Waals surface area (Å²) >= 11 is 0. The zero-order chi connectivity index (χ0) is 19.1. The van der Waals surface area contributed by atoms with Crippen LogP contribution in [0.15, 0.2) is 24.3 Å². The second-order valence-corrected chi connectivity index (χ2v) is 8.80. The van der Waals surface area contributed by atoms with Crippen molar-refractivity contribution in [1.29, 1.82) is 5.26 Å². The molecule has 2 aliphatic carbocycles. The van der Waals surface area contributed by atoms with Gasteiger partial charge in [0, 0.05) is 0 Å². The van der Waals surface area contributed by atoms with E-state index < -0.39 is 5.82 Å². The predicted molar refractivity (Wildman–Crippen MR) is 111 cm³/mol. The Morgan fingerprint density at radius 3 is 2.19 bits per heavy atom. The lowest BCUT2D eigenvalue weighted by molar-refractivity contribution is 0.143. The summed E-state index contributed by atoms with van der Waals surface area (Å²) in [5.41, 5.74) is 0.963. The normalized spacial score (nSPS) is 28.9. The average molecular weight is 368 g/mol. The van der Waals surface area contributed by atoms with Crippen LogP contribution < -0.4 is 0 Å². The maximum absolute atomic E-state index is 13.6. The van der Waals surface area contributed by atoms with E-state index in [0.29, 0.717) is 0 Å². The second kappa shape index (κ2) is 10.1. The van der Waals surface area contributed by atoms with Crippen molar-refractivity contribution in [3.05, 3.63) is 41.2 Å². The number of allylic oxidation sites excluding steroid dienone is 1. The maximum atomic E-state index is 13.6. The van der Waals surface area contributed by atoms with Crippen molar-refractivity contribution in [1.82, 2.24) is 0 Å². The fourth-order valence-corrected chi connectivity index (χ4v) is 5.29. The van der Waals surface area contributed by atoms with Gasteiger partial charge < -0.3 is 0 Å². The van der Waals surface area contributed by atoms with Crippen molar-refractivity contribution >= 4 is 6.08 Å². The monoisotopic (exact) mass is 367 g/mol. The lowest BCUT2D eigenvalue weighted by Gasteiger charge is -2.37. The van der Waals surface area contributed by atoms with Crippen LogP contribution in [0.25, 0.3) is 6.08 Å². The van der Waals surface area contributed by atoms with Gasteiger partial charge in [0.2, 0.25) is 0 Å². The molecule has 2 saturated carbocycles. The molecule has 0 unspecified atom stereocenters. The van der Waals surface area contributed by atoms with Crippen molar-refractivity contribution in [3.8, 4) is 6.07 Å². The molecule has 2 heteroatoms. The highest BCUT2D eigenvalue weighted by Gasteiger charge is 2.30. The van der Waals surface area contributed by atoms with Gasteiger partial charge in [-0.3, -0.25) is 0 Å². The first kappa shape index (κ1) is 20.1. The fraction of sp³-hybridized carbons (Fsp3) is 0.640. The lowest BCUT2D eigenvalue weighted by atomic mass is 9.68. The highest BCUT2D eigenvalue weighted by Crippen LogP contribution is 2.42. The number of rotatable bonds is 6. The van der Waals surface area contributed by atoms with Crippen molar-refractivity contribution in [2.24, 2.45) is 23.7 Å². The molecule has 0 atom stereocenters. The average Bonchev–Trinajstić information content (AvgIpc) is 2.72. The largest absolute Gasteiger partial charge is 0.206 e. The van der Waals surface area contributed by atoms with Gasteiger partial charge in [0.15, 0.2) is 0 Å². The molecule has 1 aromatic carbocycles. The van der Waals surface area contributed by atoms with Crippen molar-refractivity contribution in [2.75, 3.05) is 0 Å². The first-order valence-electron chi connectivity index (χ1n) is 11.1. The van der Waals surface area contributed by atoms with Crippen LogP contribution in [0.5, 0.6) is 0 Å². The van der Waals surface area contributed by atoms with E-state index >= 15 is 0 Å². The van der Waals surface area contributed by atoms with Gasteiger partial charge in [0.1, 0.15) is 11.9 Å². The Morgan fingerprint density at radius 2 is 1.63 bits per heavy atom. The van der Waals surface area contributed by atoms with E-state index in [1.807, 2.05) is 18.2 Å². The minimum atomic E-state index is -0.425. The zero-order valence-corrected chi connectivity index (χ0v) is 16.8. The van der Waals surface area contributed by atoms with Gasteiger partial charge in [-0.2, -0.15) is 5.26 Å². The molecule has 2 aliphatic rings. The molecule has 0 N–H and O–H groups in total. The summed E-state index contributed by atoms with van der Waals surface area (Å²) in [5.74, 6) is 3.46. The lowest BCUT2D eigenvalue weighted by Crippen LogP contribution is -2.25. The van der Waals surface area contributed by atoms with Gasteiger partial charge in [0.05, 0.1) is 5.56 Å². The third kappa shape index (κ3) is 5.68. The Morgan fingerprint density at radius 1 is 1.00 bits per heavy atom. The molecule has 2 fully saturated rings. The molecule has 3 rings (SSSR count). The first-order chi connectivity index (χ1) is 13.2. The number of benzene rings is 1. The molecule has 0 heterocycles. The van der Waals surface area contributed by atoms with E-state index in [1.165, 1.54) is 70.3 Å². The molecule has 0 aromatic heterocycles. The summed E-state index contributed by atoms with van der Waals surface area (Å²) in [6.45, 7) is 2.35. The highest BCUT2D eigenvalue weighted by atomic mass is 19.1. The van der Waals surface area contributed by atoms with E-state index in [0.717, 1.165) is 35.7 Å². The number of halogens is 1. The number of hydrogen-bond acceptors (Lipinski definition) is 1. The van der Waals surface area contributed by atoms with Crippen LogP contribution in [0, 0.1) is 40.8 Å². The van der Waals surface area contributed by atoms with Crippen LogP contribution in [-0.4, -0.2) is 0 Å². The molecular formula is C25H34FN. The summed E-state index contributed by atoms with van der Waals surface area (Å²) in [4.78, 5) is 0. The second-order valence-electron chi connectivity index (χ2n) is 8.80. The molecule has 0 bridgehead atoms. The standard InChI is InChI=1S/C25H34FN/c1-2-19-7-12-22(13-8-19)23-14-9-20(10-15-23)5-3-4-6-21-11-16-24(18-27)25(26)17-21/h4,6,11,16-17,19-20,22-23H,2-3,5,7-10,12-15H2,1H3/b6-4-. The molecule has 0 spiro atoms. The van der Waals surface area contributed by atoms with Crippen molar-refractivity contribution in [2.45, 2.75) is 77.6 Å². The van der Waals surface area contributed by atoms with Crippen molar-refractivity contribution < 1.29 is 4.39 Å². The summed E-state index contributed by atoms with van der Waals surface area (Å²) in [6.07, 6.45) is 19.5. The molecule has 0 radical (unpaired) electrons. The maximum Gasteiger partial charge on any atom is 0.141 e. The number of nitrogens with zero attached hydrogens (tertiary/aromatic N) is 1. The van der Waals surface area contributed by atoms with E-state index in [-0.39, 0.29) is 5.56 Å². The van der Waals surface area contributed by atoms with E-state index in [2.05, 4.69) is 13.0 Å². The van der Waals surface area contributed by atoms with E-state index in [4.69, 9.17) is 5.26 Å². The quantitative estimate of drug-likeness (QED) is 0.510. The van der Waals surface area contributed by atoms with Gasteiger partial charge in [-0.15, -0.1) is 0 Å². The molecule has 1 nitrogen and oxygen atoms in total. The number of hydrogen-bond donors (Lipinski definition) is 0. The van der Waals surface area contributed by atoms with Gasteiger partial charge in [-0.05, 0) is 79.9 Å². The van der Waals surface area contributed by atoms with Crippen LogP contribution in [0.4, 0.5) is 4.39 Å². The Kier molecular flexibility index (Phi) is 7.50. The minimum Gasteiger partial charge on any atom is -0.206 e. The minimum absolute atomic E-state index is 0.118. The summed E-state index contributed by atoms with van der Waals surface area (Å²) < 4.78 is 13.6. The zero-order valence-electron chi connectivity index (χ0n) is 16.8. The molecule has 146 valence electrons. The fourth-order valence-electron chi connectivity index (χ4n) is 5.29. The van der Waals surface area contributed by atoms with Crippen LogP contribution >= 0.6 is 0 Å². The molecule has 0 aliphatic heterocycles. The van der Waals surface area contributed by atoms with Crippen LogP contribution in [0.3, 0.4) is 0 Å². The SMILES string of the molecule is CCC1CCC(C2CCC(CC/C=C\c3ccc(C#N)c(F)c3)CC2)CC1. The smallest absolute Gasteiger partial charge is 0.141 e. The Balaban J connectivity index is 1.36. The molecule has 0 amide bonds. The Labute approximate surface area is 164 Å². The van der Waals surface area contributed by atoms with E-state index in [9.17, 15) is 4.39 Å². The van der Waals surface area contributed by atoms with Gasteiger partial charge in [-0.1, -0.05) is 57.2 Å². The number of nitriles is 1. The van der Waals surface area contributed by atoms with Crippen molar-refractivity contribution in [3.63, 3.8) is 0 Å². The molecule has 1 aromatic rings. The van der Waals surface area contributed by atoms with Crippen LogP contribution in [0.1, 0.15) is 88.7 Å². The van der Waals surface area contributed by atoms with Gasteiger partial charge in [-0.25, -0.2) is 4.39 Å². The van der Waals surface area contributed by atoms with Crippen LogP contribution in [-0.2, 0) is 0 Å². The molecule has 0 saturated heterocycles. The third-order valence-corrected chi connectivity index (χ3v) is 7.19. The van der Waals surface area contributed by atoms with Gasteiger partial charge in [0.25, 0.3) is 0 Å². The first-order valence-corrected chi connectivity index (χ1v) is 11.1. The summed E-state index contributed by atoms with van der Waals surface area (Å²) in [7, 11) is 0. The van der Waals surface area contributed by atoms with Gasteiger partial charge >= 0.3 is 0 Å².